The number of carbonyl (C=O) groups is 2. The molecule has 0 radical (unpaired) electrons. The smallest absolute Gasteiger partial charge is 0.328 e. The van der Waals surface area contributed by atoms with E-state index in [0.29, 0.717) is 25.1 Å². The molecule has 27 heavy (non-hydrogen) atoms. The van der Waals surface area contributed by atoms with Gasteiger partial charge in [-0.05, 0) is 36.1 Å². The van der Waals surface area contributed by atoms with Crippen molar-refractivity contribution in [3.05, 3.63) is 48.0 Å². The molecule has 1 aliphatic rings. The molecule has 0 aliphatic carbocycles. The van der Waals surface area contributed by atoms with Crippen molar-refractivity contribution in [3.8, 4) is 0 Å². The first kappa shape index (κ1) is 19.4. The number of ether oxygens (including phenoxy) is 1. The maximum Gasteiger partial charge on any atom is 0.328 e. The number of benzene rings is 2. The summed E-state index contributed by atoms with van der Waals surface area (Å²) in [4.78, 5) is 27.4. The Balaban J connectivity index is 1.63. The van der Waals surface area contributed by atoms with Crippen LogP contribution in [0.2, 0.25) is 0 Å². The van der Waals surface area contributed by atoms with Crippen molar-refractivity contribution in [1.82, 2.24) is 4.90 Å². The summed E-state index contributed by atoms with van der Waals surface area (Å²) in [6.07, 6.45) is 7.12. The summed E-state index contributed by atoms with van der Waals surface area (Å²) in [6.45, 7) is 3.25. The van der Waals surface area contributed by atoms with Crippen molar-refractivity contribution in [2.45, 2.75) is 57.9 Å². The van der Waals surface area contributed by atoms with Gasteiger partial charge in [-0.3, -0.25) is 4.79 Å². The van der Waals surface area contributed by atoms with Crippen LogP contribution in [0.15, 0.2) is 42.5 Å². The molecule has 144 valence electrons. The normalized spacial score (nSPS) is 16.6. The predicted octanol–water partition coefficient (Wildman–Crippen LogP) is 4.96. The number of carbonyl (C=O) groups excluding carboxylic acids is 2. The van der Waals surface area contributed by atoms with E-state index in [1.807, 2.05) is 42.5 Å². The highest BCUT2D eigenvalue weighted by atomic mass is 16.5. The van der Waals surface area contributed by atoms with Gasteiger partial charge >= 0.3 is 5.97 Å². The molecule has 1 heterocycles. The van der Waals surface area contributed by atoms with Gasteiger partial charge < -0.3 is 9.64 Å². The molecule has 2 aromatic carbocycles. The van der Waals surface area contributed by atoms with Crippen LogP contribution in [-0.4, -0.2) is 36.0 Å². The average molecular weight is 367 g/mol. The van der Waals surface area contributed by atoms with Gasteiger partial charge in [0.15, 0.2) is 0 Å². The highest BCUT2D eigenvalue weighted by molar-refractivity contribution is 6.08. The lowest BCUT2D eigenvalue weighted by Crippen LogP contribution is -2.41. The van der Waals surface area contributed by atoms with Crippen LogP contribution in [0.4, 0.5) is 0 Å². The van der Waals surface area contributed by atoms with E-state index in [9.17, 15) is 9.59 Å². The Bertz CT molecular complexity index is 781. The first-order chi connectivity index (χ1) is 13.2. The van der Waals surface area contributed by atoms with Crippen LogP contribution in [0, 0.1) is 0 Å². The van der Waals surface area contributed by atoms with Gasteiger partial charge in [-0.1, -0.05) is 69.0 Å². The fourth-order valence-corrected chi connectivity index (χ4v) is 3.80. The number of nitrogens with zero attached hydrogens (tertiary/aromatic N) is 1. The number of amides is 1. The van der Waals surface area contributed by atoms with E-state index in [0.717, 1.165) is 30.0 Å². The molecule has 1 amide bonds. The molecule has 1 atom stereocenters. The Labute approximate surface area is 161 Å². The third-order valence-electron chi connectivity index (χ3n) is 5.30. The molecule has 4 heteroatoms. The highest BCUT2D eigenvalue weighted by Gasteiger charge is 2.36. The molecule has 0 spiro atoms. The second-order valence-corrected chi connectivity index (χ2v) is 7.26. The molecule has 0 aromatic heterocycles. The van der Waals surface area contributed by atoms with Gasteiger partial charge in [-0.25, -0.2) is 4.79 Å². The maximum atomic E-state index is 13.1. The van der Waals surface area contributed by atoms with E-state index in [2.05, 4.69) is 6.92 Å². The summed E-state index contributed by atoms with van der Waals surface area (Å²) < 4.78 is 5.48. The Hall–Kier alpha value is -2.36. The zero-order valence-electron chi connectivity index (χ0n) is 16.2. The number of hydrogen-bond acceptors (Lipinski definition) is 3. The van der Waals surface area contributed by atoms with E-state index in [1.165, 1.54) is 19.3 Å². The van der Waals surface area contributed by atoms with Gasteiger partial charge in [0.05, 0.1) is 6.61 Å². The minimum absolute atomic E-state index is 0.0748. The van der Waals surface area contributed by atoms with E-state index in [-0.39, 0.29) is 11.9 Å². The van der Waals surface area contributed by atoms with Gasteiger partial charge in [0.2, 0.25) is 0 Å². The van der Waals surface area contributed by atoms with Crippen molar-refractivity contribution in [3.63, 3.8) is 0 Å². The lowest BCUT2D eigenvalue weighted by Gasteiger charge is -2.24. The molecule has 1 saturated heterocycles. The van der Waals surface area contributed by atoms with Gasteiger partial charge in [-0.15, -0.1) is 0 Å². The predicted molar refractivity (Wildman–Crippen MR) is 108 cm³/mol. The highest BCUT2D eigenvalue weighted by Crippen LogP contribution is 2.25. The molecule has 0 bridgehead atoms. The van der Waals surface area contributed by atoms with E-state index >= 15 is 0 Å². The molecule has 0 N–H and O–H groups in total. The van der Waals surface area contributed by atoms with E-state index in [1.54, 1.807) is 4.90 Å². The van der Waals surface area contributed by atoms with Gasteiger partial charge in [0.25, 0.3) is 5.91 Å². The molecular weight excluding hydrogens is 338 g/mol. The number of unbranched alkanes of at least 4 members (excludes halogenated alkanes) is 4. The zero-order valence-corrected chi connectivity index (χ0v) is 16.2. The topological polar surface area (TPSA) is 46.6 Å². The van der Waals surface area contributed by atoms with Crippen LogP contribution in [0.5, 0.6) is 0 Å². The Morgan fingerprint density at radius 3 is 2.67 bits per heavy atom. The van der Waals surface area contributed by atoms with Crippen LogP contribution in [0.1, 0.15) is 62.2 Å². The molecule has 2 aromatic rings. The number of esters is 1. The van der Waals surface area contributed by atoms with E-state index < -0.39 is 6.04 Å². The summed E-state index contributed by atoms with van der Waals surface area (Å²) in [6, 6.07) is 13.2. The number of likely N-dealkylation sites (tertiary alicyclic amines) is 1. The zero-order chi connectivity index (χ0) is 19.1. The number of fused-ring (bicyclic) bond motifs is 1. The molecule has 1 fully saturated rings. The summed E-state index contributed by atoms with van der Waals surface area (Å²) in [5.41, 5.74) is 0.660. The molecule has 1 unspecified atom stereocenters. The standard InChI is InChI=1S/C23H29NO3/c1-2-3-4-5-8-17-27-23(26)21-15-10-16-24(21)22(25)20-14-9-12-18-11-6-7-13-19(18)20/h6-7,9,11-14,21H,2-5,8,10,15-17H2,1H3. The lowest BCUT2D eigenvalue weighted by molar-refractivity contribution is -0.148. The molecule has 4 nitrogen and oxygen atoms in total. The van der Waals surface area contributed by atoms with Gasteiger partial charge in [-0.2, -0.15) is 0 Å². The quantitative estimate of drug-likeness (QED) is 0.489. The van der Waals surface area contributed by atoms with Crippen molar-refractivity contribution in [2.24, 2.45) is 0 Å². The molecule has 3 rings (SSSR count). The number of hydrogen-bond donors (Lipinski definition) is 0. The third-order valence-corrected chi connectivity index (χ3v) is 5.30. The van der Waals surface area contributed by atoms with Crippen molar-refractivity contribution in [2.75, 3.05) is 13.2 Å². The van der Waals surface area contributed by atoms with Crippen LogP contribution < -0.4 is 0 Å². The minimum atomic E-state index is -0.452. The van der Waals surface area contributed by atoms with Crippen LogP contribution in [0.3, 0.4) is 0 Å². The minimum Gasteiger partial charge on any atom is -0.464 e. The second kappa shape index (κ2) is 9.54. The maximum absolute atomic E-state index is 13.1. The molecule has 1 aliphatic heterocycles. The fraction of sp³-hybridized carbons (Fsp3) is 0.478. The fourth-order valence-electron chi connectivity index (χ4n) is 3.80. The summed E-state index contributed by atoms with van der Waals surface area (Å²) >= 11 is 0. The van der Waals surface area contributed by atoms with Crippen LogP contribution in [-0.2, 0) is 9.53 Å². The Kier molecular flexibility index (Phi) is 6.86. The van der Waals surface area contributed by atoms with Crippen LogP contribution >= 0.6 is 0 Å². The molecular formula is C23H29NO3. The second-order valence-electron chi connectivity index (χ2n) is 7.26. The van der Waals surface area contributed by atoms with E-state index in [4.69, 9.17) is 4.74 Å². The Morgan fingerprint density at radius 2 is 1.81 bits per heavy atom. The summed E-state index contributed by atoms with van der Waals surface area (Å²) in [5, 5.41) is 1.97. The number of rotatable bonds is 8. The van der Waals surface area contributed by atoms with Gasteiger partial charge in [0, 0.05) is 12.1 Å². The lowest BCUT2D eigenvalue weighted by atomic mass is 10.0. The van der Waals surface area contributed by atoms with Gasteiger partial charge in [0.1, 0.15) is 6.04 Å². The van der Waals surface area contributed by atoms with Crippen molar-refractivity contribution >= 4 is 22.6 Å². The first-order valence-electron chi connectivity index (χ1n) is 10.2. The first-order valence-corrected chi connectivity index (χ1v) is 10.2. The van der Waals surface area contributed by atoms with Crippen LogP contribution in [0.25, 0.3) is 10.8 Å². The average Bonchev–Trinajstić information content (AvgIpc) is 3.19. The molecule has 0 saturated carbocycles. The summed E-state index contributed by atoms with van der Waals surface area (Å²) in [5.74, 6) is -0.328. The largest absolute Gasteiger partial charge is 0.464 e. The Morgan fingerprint density at radius 1 is 1.04 bits per heavy atom. The van der Waals surface area contributed by atoms with Crippen molar-refractivity contribution in [1.29, 1.82) is 0 Å². The van der Waals surface area contributed by atoms with Crippen molar-refractivity contribution < 1.29 is 14.3 Å². The summed E-state index contributed by atoms with van der Waals surface area (Å²) in [7, 11) is 0. The SMILES string of the molecule is CCCCCCCOC(=O)C1CCCN1C(=O)c1cccc2ccccc12. The monoisotopic (exact) mass is 367 g/mol. The third kappa shape index (κ3) is 4.68.